The molecule has 1 saturated heterocycles. The van der Waals surface area contributed by atoms with Crippen LogP contribution in [0.15, 0.2) is 47.4 Å². The molecule has 0 aliphatic carbocycles. The minimum absolute atomic E-state index is 0.110. The Kier molecular flexibility index (Phi) is 6.07. The van der Waals surface area contributed by atoms with E-state index in [0.717, 1.165) is 25.7 Å². The summed E-state index contributed by atoms with van der Waals surface area (Å²) in [6.45, 7) is 5.91. The predicted molar refractivity (Wildman–Crippen MR) is 110 cm³/mol. The highest BCUT2D eigenvalue weighted by Gasteiger charge is 2.27. The van der Waals surface area contributed by atoms with Gasteiger partial charge in [0.15, 0.2) is 0 Å². The van der Waals surface area contributed by atoms with Crippen molar-refractivity contribution in [2.45, 2.75) is 11.8 Å². The van der Waals surface area contributed by atoms with Crippen LogP contribution in [-0.4, -0.2) is 51.0 Å². The van der Waals surface area contributed by atoms with Gasteiger partial charge in [-0.2, -0.15) is 0 Å². The van der Waals surface area contributed by atoms with Crippen molar-refractivity contribution in [2.75, 3.05) is 42.3 Å². The standard InChI is InChI=1S/C18H21ClN4O4S/c1-2-21-9-11-22(12-10-21)17-8-7-16(23(24)25)13-18(17)28(26,27)20-15-5-3-14(19)4-6-15/h3-8,13,20H,2,9-12H2,1H3. The first-order chi connectivity index (χ1) is 13.3. The molecular weight excluding hydrogens is 404 g/mol. The summed E-state index contributed by atoms with van der Waals surface area (Å²) in [5, 5.41) is 11.7. The van der Waals surface area contributed by atoms with Crippen LogP contribution in [0.2, 0.25) is 5.02 Å². The maximum Gasteiger partial charge on any atom is 0.270 e. The van der Waals surface area contributed by atoms with E-state index in [4.69, 9.17) is 11.6 Å². The van der Waals surface area contributed by atoms with Gasteiger partial charge in [-0.25, -0.2) is 8.42 Å². The number of halogens is 1. The SMILES string of the molecule is CCN1CCN(c2ccc([N+](=O)[O-])cc2S(=O)(=O)Nc2ccc(Cl)cc2)CC1. The molecule has 1 heterocycles. The number of hydrogen-bond acceptors (Lipinski definition) is 6. The van der Waals surface area contributed by atoms with E-state index in [0.29, 0.717) is 29.5 Å². The van der Waals surface area contributed by atoms with Crippen molar-refractivity contribution < 1.29 is 13.3 Å². The molecule has 2 aromatic carbocycles. The number of nitro groups is 1. The molecule has 0 unspecified atom stereocenters. The molecule has 150 valence electrons. The highest BCUT2D eigenvalue weighted by molar-refractivity contribution is 7.92. The quantitative estimate of drug-likeness (QED) is 0.565. The molecule has 0 bridgehead atoms. The fraction of sp³-hybridized carbons (Fsp3) is 0.333. The maximum absolute atomic E-state index is 13.0. The molecule has 0 aromatic heterocycles. The smallest absolute Gasteiger partial charge is 0.270 e. The normalized spacial score (nSPS) is 15.4. The lowest BCUT2D eigenvalue weighted by molar-refractivity contribution is -0.385. The van der Waals surface area contributed by atoms with Gasteiger partial charge in [0.1, 0.15) is 4.90 Å². The van der Waals surface area contributed by atoms with E-state index in [-0.39, 0.29) is 10.6 Å². The summed E-state index contributed by atoms with van der Waals surface area (Å²) >= 11 is 5.84. The third-order valence-electron chi connectivity index (χ3n) is 4.70. The van der Waals surface area contributed by atoms with Crippen LogP contribution in [0, 0.1) is 10.1 Å². The van der Waals surface area contributed by atoms with Gasteiger partial charge in [-0.05, 0) is 36.9 Å². The van der Waals surface area contributed by atoms with E-state index in [9.17, 15) is 18.5 Å². The molecule has 10 heteroatoms. The van der Waals surface area contributed by atoms with Crippen LogP contribution in [0.3, 0.4) is 0 Å². The summed E-state index contributed by atoms with van der Waals surface area (Å²) < 4.78 is 28.6. The summed E-state index contributed by atoms with van der Waals surface area (Å²) in [4.78, 5) is 14.7. The van der Waals surface area contributed by atoms with Gasteiger partial charge < -0.3 is 9.80 Å². The highest BCUT2D eigenvalue weighted by atomic mass is 35.5. The van der Waals surface area contributed by atoms with Crippen molar-refractivity contribution in [1.29, 1.82) is 0 Å². The Morgan fingerprint density at radius 2 is 1.75 bits per heavy atom. The Morgan fingerprint density at radius 1 is 1.11 bits per heavy atom. The van der Waals surface area contributed by atoms with E-state index in [1.807, 2.05) is 4.90 Å². The lowest BCUT2D eigenvalue weighted by atomic mass is 10.2. The zero-order valence-electron chi connectivity index (χ0n) is 15.3. The Balaban J connectivity index is 1.97. The van der Waals surface area contributed by atoms with Crippen molar-refractivity contribution in [3.8, 4) is 0 Å². The molecular formula is C18H21ClN4O4S. The van der Waals surface area contributed by atoms with Crippen LogP contribution < -0.4 is 9.62 Å². The minimum atomic E-state index is -4.03. The fourth-order valence-corrected chi connectivity index (χ4v) is 4.56. The Morgan fingerprint density at radius 3 is 2.32 bits per heavy atom. The van der Waals surface area contributed by atoms with E-state index in [2.05, 4.69) is 16.5 Å². The molecule has 2 aromatic rings. The summed E-state index contributed by atoms with van der Waals surface area (Å²) in [6.07, 6.45) is 0. The molecule has 1 fully saturated rings. The summed E-state index contributed by atoms with van der Waals surface area (Å²) in [5.41, 5.74) is 0.521. The zero-order valence-corrected chi connectivity index (χ0v) is 16.9. The Bertz CT molecular complexity index is 958. The number of anilines is 2. The third-order valence-corrected chi connectivity index (χ3v) is 6.36. The monoisotopic (exact) mass is 424 g/mol. The topological polar surface area (TPSA) is 95.8 Å². The number of hydrogen-bond donors (Lipinski definition) is 1. The number of rotatable bonds is 6. The summed E-state index contributed by atoms with van der Waals surface area (Å²) in [6, 6.07) is 10.2. The minimum Gasteiger partial charge on any atom is -0.368 e. The van der Waals surface area contributed by atoms with Crippen LogP contribution in [0.1, 0.15) is 6.92 Å². The van der Waals surface area contributed by atoms with Crippen LogP contribution in [0.5, 0.6) is 0 Å². The van der Waals surface area contributed by atoms with Gasteiger partial charge in [0.25, 0.3) is 15.7 Å². The second-order valence-electron chi connectivity index (χ2n) is 6.44. The molecule has 1 N–H and O–H groups in total. The molecule has 1 aliphatic rings. The summed E-state index contributed by atoms with van der Waals surface area (Å²) in [5.74, 6) is 0. The number of piperazine rings is 1. The van der Waals surface area contributed by atoms with Gasteiger partial charge in [0, 0.05) is 49.0 Å². The molecule has 28 heavy (non-hydrogen) atoms. The van der Waals surface area contributed by atoms with Gasteiger partial charge in [0.2, 0.25) is 0 Å². The molecule has 0 saturated carbocycles. The van der Waals surface area contributed by atoms with Crippen LogP contribution >= 0.6 is 11.6 Å². The van der Waals surface area contributed by atoms with Crippen molar-refractivity contribution in [3.05, 3.63) is 57.6 Å². The number of nitrogens with one attached hydrogen (secondary N) is 1. The second-order valence-corrected chi connectivity index (χ2v) is 8.53. The lowest BCUT2D eigenvalue weighted by Gasteiger charge is -2.36. The Labute approximate surface area is 168 Å². The highest BCUT2D eigenvalue weighted by Crippen LogP contribution is 2.31. The van der Waals surface area contributed by atoms with Gasteiger partial charge in [0.05, 0.1) is 10.6 Å². The number of nitrogens with zero attached hydrogens (tertiary/aromatic N) is 3. The number of non-ortho nitro benzene ring substituents is 1. The number of nitro benzene ring substituents is 1. The molecule has 0 amide bonds. The zero-order chi connectivity index (χ0) is 20.3. The predicted octanol–water partition coefficient (Wildman–Crippen LogP) is 3.19. The number of benzene rings is 2. The molecule has 3 rings (SSSR count). The molecule has 1 aliphatic heterocycles. The molecule has 8 nitrogen and oxygen atoms in total. The van der Waals surface area contributed by atoms with Crippen molar-refractivity contribution >= 4 is 38.7 Å². The van der Waals surface area contributed by atoms with E-state index < -0.39 is 14.9 Å². The van der Waals surface area contributed by atoms with Crippen molar-refractivity contribution in [3.63, 3.8) is 0 Å². The number of likely N-dealkylation sites (N-methyl/N-ethyl adjacent to an activating group) is 1. The van der Waals surface area contributed by atoms with Gasteiger partial charge in [-0.1, -0.05) is 18.5 Å². The first kappa shape index (κ1) is 20.4. The molecule has 0 atom stereocenters. The first-order valence-corrected chi connectivity index (χ1v) is 10.7. The second kappa shape index (κ2) is 8.34. The van der Waals surface area contributed by atoms with Crippen LogP contribution in [0.25, 0.3) is 0 Å². The maximum atomic E-state index is 13.0. The van der Waals surface area contributed by atoms with Crippen molar-refractivity contribution in [2.24, 2.45) is 0 Å². The molecule has 0 spiro atoms. The van der Waals surface area contributed by atoms with Gasteiger partial charge in [-0.3, -0.25) is 14.8 Å². The van der Waals surface area contributed by atoms with Crippen molar-refractivity contribution in [1.82, 2.24) is 4.90 Å². The van der Waals surface area contributed by atoms with E-state index >= 15 is 0 Å². The third kappa shape index (κ3) is 4.54. The van der Waals surface area contributed by atoms with Crippen LogP contribution in [-0.2, 0) is 10.0 Å². The van der Waals surface area contributed by atoms with Gasteiger partial charge >= 0.3 is 0 Å². The average molecular weight is 425 g/mol. The first-order valence-electron chi connectivity index (χ1n) is 8.84. The lowest BCUT2D eigenvalue weighted by Crippen LogP contribution is -2.46. The van der Waals surface area contributed by atoms with Gasteiger partial charge in [-0.15, -0.1) is 0 Å². The van der Waals surface area contributed by atoms with E-state index in [1.165, 1.54) is 24.3 Å². The fourth-order valence-electron chi connectivity index (χ4n) is 3.13. The average Bonchev–Trinajstić information content (AvgIpc) is 2.69. The summed E-state index contributed by atoms with van der Waals surface area (Å²) in [7, 11) is -4.03. The number of sulfonamides is 1. The Hall–Kier alpha value is -2.36. The van der Waals surface area contributed by atoms with Crippen LogP contribution in [0.4, 0.5) is 17.1 Å². The van der Waals surface area contributed by atoms with E-state index in [1.54, 1.807) is 12.1 Å². The largest absolute Gasteiger partial charge is 0.368 e. The molecule has 0 radical (unpaired) electrons.